The van der Waals surface area contributed by atoms with Gasteiger partial charge in [-0.1, -0.05) is 24.3 Å². The van der Waals surface area contributed by atoms with Crippen molar-refractivity contribution in [3.05, 3.63) is 100 Å². The number of carbonyl (C=O) groups excluding carboxylic acids is 1. The molecule has 4 aromatic rings. The largest absolute Gasteiger partial charge is 0.497 e. The summed E-state index contributed by atoms with van der Waals surface area (Å²) in [6.45, 7) is 1.68. The molecule has 0 fully saturated rings. The molecule has 0 bridgehead atoms. The van der Waals surface area contributed by atoms with E-state index in [0.29, 0.717) is 22.5 Å². The van der Waals surface area contributed by atoms with Gasteiger partial charge in [0.2, 0.25) is 0 Å². The maximum atomic E-state index is 13.8. The van der Waals surface area contributed by atoms with Crippen molar-refractivity contribution in [1.29, 1.82) is 0 Å². The fraction of sp³-hybridized carbons (Fsp3) is 0.200. The lowest BCUT2D eigenvalue weighted by atomic mass is 9.80. The Morgan fingerprint density at radius 1 is 1.00 bits per heavy atom. The number of rotatable bonds is 7. The summed E-state index contributed by atoms with van der Waals surface area (Å²) < 4.78 is 10.9. The number of aromatic nitrogens is 1. The summed E-state index contributed by atoms with van der Waals surface area (Å²) in [5.41, 5.74) is 10.9. The molecule has 1 aliphatic rings. The zero-order chi connectivity index (χ0) is 26.3. The van der Waals surface area contributed by atoms with E-state index < -0.39 is 11.5 Å². The van der Waals surface area contributed by atoms with E-state index in [1.165, 1.54) is 0 Å². The van der Waals surface area contributed by atoms with Crippen LogP contribution < -0.4 is 15.2 Å². The highest BCUT2D eigenvalue weighted by Gasteiger charge is 2.37. The number of hydrogen-bond donors (Lipinski definition) is 3. The lowest BCUT2D eigenvalue weighted by Crippen LogP contribution is -2.43. The van der Waals surface area contributed by atoms with E-state index in [1.807, 2.05) is 18.2 Å². The molecule has 0 radical (unpaired) electrons. The van der Waals surface area contributed by atoms with Crippen LogP contribution in [0.5, 0.6) is 11.5 Å². The van der Waals surface area contributed by atoms with Crippen LogP contribution in [-0.2, 0) is 12.0 Å². The molecule has 0 spiro atoms. The van der Waals surface area contributed by atoms with Crippen LogP contribution in [0.3, 0.4) is 0 Å². The highest BCUT2D eigenvalue weighted by atomic mass is 16.5. The number of carbonyl (C=O) groups is 2. The van der Waals surface area contributed by atoms with Gasteiger partial charge in [-0.2, -0.15) is 0 Å². The molecule has 0 aliphatic heterocycles. The number of fused-ring (bicyclic) bond motifs is 2. The summed E-state index contributed by atoms with van der Waals surface area (Å²) in [4.78, 5) is 28.8. The van der Waals surface area contributed by atoms with Gasteiger partial charge in [0.05, 0.1) is 25.5 Å². The first-order chi connectivity index (χ1) is 17.8. The third-order valence-electron chi connectivity index (χ3n) is 7.04. The molecular formula is C30H28N2O5. The Morgan fingerprint density at radius 2 is 1.73 bits per heavy atom. The van der Waals surface area contributed by atoms with Crippen molar-refractivity contribution in [3.8, 4) is 11.5 Å². The van der Waals surface area contributed by atoms with Crippen molar-refractivity contribution < 1.29 is 24.2 Å². The number of H-pyrrole nitrogens is 1. The summed E-state index contributed by atoms with van der Waals surface area (Å²) in [7, 11) is 3.22. The second-order valence-electron chi connectivity index (χ2n) is 9.34. The normalized spacial score (nSPS) is 14.4. The highest BCUT2D eigenvalue weighted by Crippen LogP contribution is 2.43. The Labute approximate surface area is 214 Å². The highest BCUT2D eigenvalue weighted by molar-refractivity contribution is 6.08. The molecule has 0 amide bonds. The smallest absolute Gasteiger partial charge is 0.335 e. The maximum Gasteiger partial charge on any atom is 0.335 e. The van der Waals surface area contributed by atoms with Gasteiger partial charge in [-0.15, -0.1) is 0 Å². The number of allylic oxidation sites excluding steroid dienone is 1. The number of benzene rings is 3. The van der Waals surface area contributed by atoms with Gasteiger partial charge in [0.15, 0.2) is 5.78 Å². The number of ether oxygens (including phenoxy) is 2. The van der Waals surface area contributed by atoms with Crippen LogP contribution in [0.1, 0.15) is 56.4 Å². The molecule has 1 aromatic heterocycles. The van der Waals surface area contributed by atoms with Crippen molar-refractivity contribution in [1.82, 2.24) is 4.98 Å². The van der Waals surface area contributed by atoms with E-state index in [-0.39, 0.29) is 11.3 Å². The van der Waals surface area contributed by atoms with Gasteiger partial charge in [0.1, 0.15) is 17.0 Å². The van der Waals surface area contributed by atoms with Crippen LogP contribution in [0.2, 0.25) is 0 Å². The van der Waals surface area contributed by atoms with Gasteiger partial charge in [0.25, 0.3) is 0 Å². The minimum atomic E-state index is -1.44. The molecule has 1 heterocycles. The summed E-state index contributed by atoms with van der Waals surface area (Å²) in [5.74, 6) is 0.142. The van der Waals surface area contributed by atoms with Crippen LogP contribution in [-0.4, -0.2) is 36.1 Å². The first-order valence-corrected chi connectivity index (χ1v) is 12.0. The Morgan fingerprint density at radius 3 is 2.41 bits per heavy atom. The fourth-order valence-electron chi connectivity index (χ4n) is 5.13. The average molecular weight is 497 g/mol. The molecule has 1 atom stereocenters. The summed E-state index contributed by atoms with van der Waals surface area (Å²) in [6.07, 6.45) is 3.76. The number of methoxy groups -OCH3 is 2. The molecular weight excluding hydrogens is 468 g/mol. The van der Waals surface area contributed by atoms with Gasteiger partial charge in [-0.25, -0.2) is 4.79 Å². The first-order valence-electron chi connectivity index (χ1n) is 12.0. The van der Waals surface area contributed by atoms with Crippen LogP contribution in [0.25, 0.3) is 16.5 Å². The minimum absolute atomic E-state index is 0.145. The standard InChI is InChI=1S/C30H28N2O5/c1-30(31,28(33)17-10-13-19(36-2)14-11-17)27-26(23-15-12-18(29(34)35)16-24(23)32-27)22-8-4-7-21-20(22)6-5-9-25(21)37-3/h5-6,8-16,32H,4,7,31H2,1-3H3,(H,34,35). The molecule has 1 unspecified atom stereocenters. The van der Waals surface area contributed by atoms with E-state index in [0.717, 1.165) is 46.2 Å². The summed E-state index contributed by atoms with van der Waals surface area (Å²) in [5, 5.41) is 10.4. The molecule has 188 valence electrons. The summed E-state index contributed by atoms with van der Waals surface area (Å²) in [6, 6.07) is 17.7. The number of ketones is 1. The number of aromatic carboxylic acids is 1. The molecule has 5 rings (SSSR count). The molecule has 7 heteroatoms. The van der Waals surface area contributed by atoms with Crippen molar-refractivity contribution in [2.24, 2.45) is 5.73 Å². The zero-order valence-electron chi connectivity index (χ0n) is 20.9. The second kappa shape index (κ2) is 9.26. The predicted molar refractivity (Wildman–Crippen MR) is 143 cm³/mol. The van der Waals surface area contributed by atoms with E-state index in [4.69, 9.17) is 15.2 Å². The molecule has 37 heavy (non-hydrogen) atoms. The Hall–Kier alpha value is -4.36. The Balaban J connectivity index is 1.74. The molecule has 0 saturated heterocycles. The molecule has 1 aliphatic carbocycles. The topological polar surface area (TPSA) is 115 Å². The van der Waals surface area contributed by atoms with Crippen LogP contribution in [0.15, 0.2) is 66.7 Å². The average Bonchev–Trinajstić information content (AvgIpc) is 3.31. The predicted octanol–water partition coefficient (Wildman–Crippen LogP) is 5.32. The van der Waals surface area contributed by atoms with Gasteiger partial charge in [0, 0.05) is 27.6 Å². The number of nitrogens with two attached hydrogens (primary N) is 1. The van der Waals surface area contributed by atoms with Crippen LogP contribution >= 0.6 is 0 Å². The van der Waals surface area contributed by atoms with Crippen molar-refractivity contribution >= 4 is 28.2 Å². The number of carboxylic acid groups (broad SMARTS) is 1. The number of hydrogen-bond acceptors (Lipinski definition) is 5. The van der Waals surface area contributed by atoms with E-state index >= 15 is 0 Å². The Kier molecular flexibility index (Phi) is 6.09. The van der Waals surface area contributed by atoms with Crippen molar-refractivity contribution in [2.45, 2.75) is 25.3 Å². The molecule has 3 aromatic carbocycles. The van der Waals surface area contributed by atoms with Crippen molar-refractivity contribution in [3.63, 3.8) is 0 Å². The fourth-order valence-corrected chi connectivity index (χ4v) is 5.13. The minimum Gasteiger partial charge on any atom is -0.497 e. The first kappa shape index (κ1) is 24.3. The monoisotopic (exact) mass is 496 g/mol. The number of nitrogens with one attached hydrogen (secondary N) is 1. The van der Waals surface area contributed by atoms with E-state index in [9.17, 15) is 14.7 Å². The van der Waals surface area contributed by atoms with Crippen molar-refractivity contribution in [2.75, 3.05) is 14.2 Å². The van der Waals surface area contributed by atoms with Crippen LogP contribution in [0, 0.1) is 0 Å². The Bertz CT molecular complexity index is 1560. The molecule has 0 saturated carbocycles. The number of carboxylic acids is 1. The van der Waals surface area contributed by atoms with E-state index in [2.05, 4.69) is 11.1 Å². The van der Waals surface area contributed by atoms with Gasteiger partial charge < -0.3 is 25.3 Å². The second-order valence-corrected chi connectivity index (χ2v) is 9.34. The molecule has 7 nitrogen and oxygen atoms in total. The SMILES string of the molecule is COc1ccc(C(=O)C(C)(N)c2[nH]c3cc(C(=O)O)ccc3c2C2=CCCc3c(OC)cccc32)cc1. The summed E-state index contributed by atoms with van der Waals surface area (Å²) >= 11 is 0. The molecule has 4 N–H and O–H groups in total. The third-order valence-corrected chi connectivity index (χ3v) is 7.04. The quantitative estimate of drug-likeness (QED) is 0.299. The van der Waals surface area contributed by atoms with Gasteiger partial charge >= 0.3 is 5.97 Å². The lowest BCUT2D eigenvalue weighted by Gasteiger charge is -2.27. The van der Waals surface area contributed by atoms with E-state index in [1.54, 1.807) is 63.6 Å². The third kappa shape index (κ3) is 4.07. The maximum absolute atomic E-state index is 13.8. The number of Topliss-reactive ketones (excluding diaryl/α,β-unsaturated/α-hetero) is 1. The van der Waals surface area contributed by atoms with Gasteiger partial charge in [-0.3, -0.25) is 4.79 Å². The van der Waals surface area contributed by atoms with Gasteiger partial charge in [-0.05, 0) is 73.4 Å². The lowest BCUT2D eigenvalue weighted by molar-refractivity contribution is 0.0696. The van der Waals surface area contributed by atoms with Crippen LogP contribution in [0.4, 0.5) is 0 Å². The zero-order valence-corrected chi connectivity index (χ0v) is 20.9. The number of aromatic amines is 1.